The van der Waals surface area contributed by atoms with Gasteiger partial charge in [-0.3, -0.25) is 9.59 Å². The predicted octanol–water partition coefficient (Wildman–Crippen LogP) is 1.79. The number of nitrogens with one attached hydrogen (secondary N) is 1. The van der Waals surface area contributed by atoms with Crippen molar-refractivity contribution in [2.75, 3.05) is 23.4 Å². The number of amides is 1. The van der Waals surface area contributed by atoms with Crippen LogP contribution in [0.1, 0.15) is 20.3 Å². The summed E-state index contributed by atoms with van der Waals surface area (Å²) >= 11 is 0. The molecule has 19 heavy (non-hydrogen) atoms. The Hall–Kier alpha value is -2.04. The van der Waals surface area contributed by atoms with Crippen LogP contribution in [0.15, 0.2) is 24.3 Å². The van der Waals surface area contributed by atoms with Crippen molar-refractivity contribution in [1.29, 1.82) is 0 Å². The second-order valence-corrected chi connectivity index (χ2v) is 4.55. The summed E-state index contributed by atoms with van der Waals surface area (Å²) < 4.78 is 4.95. The van der Waals surface area contributed by atoms with Gasteiger partial charge in [0, 0.05) is 6.04 Å². The molecule has 0 spiro atoms. The minimum atomic E-state index is -0.238. The van der Waals surface area contributed by atoms with E-state index in [0.29, 0.717) is 6.61 Å². The smallest absolute Gasteiger partial charge is 0.307 e. The summed E-state index contributed by atoms with van der Waals surface area (Å²) in [6, 6.07) is 7.51. The molecule has 1 aliphatic heterocycles. The van der Waals surface area contributed by atoms with E-state index in [9.17, 15) is 9.59 Å². The third-order valence-electron chi connectivity index (χ3n) is 3.10. The average Bonchev–Trinajstić information content (AvgIpc) is 2.37. The van der Waals surface area contributed by atoms with Crippen molar-refractivity contribution in [2.45, 2.75) is 26.3 Å². The van der Waals surface area contributed by atoms with Crippen LogP contribution in [-0.4, -0.2) is 31.1 Å². The number of fused-ring (bicyclic) bond motifs is 1. The number of para-hydroxylation sites is 2. The molecule has 0 saturated heterocycles. The minimum absolute atomic E-state index is 0.0607. The first kappa shape index (κ1) is 13.4. The van der Waals surface area contributed by atoms with E-state index in [1.54, 1.807) is 6.92 Å². The molecule has 1 atom stereocenters. The number of anilines is 2. The summed E-state index contributed by atoms with van der Waals surface area (Å²) in [6.07, 6.45) is 0.273. The number of hydrogen-bond acceptors (Lipinski definition) is 4. The van der Waals surface area contributed by atoms with E-state index in [4.69, 9.17) is 4.74 Å². The fourth-order valence-electron chi connectivity index (χ4n) is 2.22. The predicted molar refractivity (Wildman–Crippen MR) is 73.1 cm³/mol. The first-order valence-electron chi connectivity index (χ1n) is 6.43. The Morgan fingerprint density at radius 2 is 2.21 bits per heavy atom. The van der Waals surface area contributed by atoms with Gasteiger partial charge in [0.25, 0.3) is 0 Å². The quantitative estimate of drug-likeness (QED) is 0.840. The van der Waals surface area contributed by atoms with E-state index >= 15 is 0 Å². The van der Waals surface area contributed by atoms with Crippen LogP contribution in [0.3, 0.4) is 0 Å². The van der Waals surface area contributed by atoms with E-state index in [1.807, 2.05) is 36.1 Å². The lowest BCUT2D eigenvalue weighted by Crippen LogP contribution is -2.44. The van der Waals surface area contributed by atoms with Gasteiger partial charge in [-0.25, -0.2) is 0 Å². The molecule has 2 rings (SSSR count). The summed E-state index contributed by atoms with van der Waals surface area (Å²) in [7, 11) is 0. The highest BCUT2D eigenvalue weighted by molar-refractivity contribution is 6.01. The number of carbonyl (C=O) groups excluding carboxylic acids is 2. The molecular weight excluding hydrogens is 244 g/mol. The highest BCUT2D eigenvalue weighted by Gasteiger charge is 2.26. The summed E-state index contributed by atoms with van der Waals surface area (Å²) in [5, 5.41) is 2.83. The Morgan fingerprint density at radius 1 is 1.47 bits per heavy atom. The molecule has 5 nitrogen and oxygen atoms in total. The van der Waals surface area contributed by atoms with E-state index in [1.165, 1.54) is 0 Å². The monoisotopic (exact) mass is 262 g/mol. The van der Waals surface area contributed by atoms with Gasteiger partial charge in [-0.15, -0.1) is 0 Å². The number of rotatable bonds is 4. The fourth-order valence-corrected chi connectivity index (χ4v) is 2.22. The fraction of sp³-hybridized carbons (Fsp3) is 0.429. The molecule has 0 radical (unpaired) electrons. The van der Waals surface area contributed by atoms with E-state index < -0.39 is 0 Å². The molecule has 0 bridgehead atoms. The maximum absolute atomic E-state index is 11.7. The zero-order chi connectivity index (χ0) is 13.8. The van der Waals surface area contributed by atoms with Gasteiger partial charge in [0.1, 0.15) is 0 Å². The largest absolute Gasteiger partial charge is 0.466 e. The molecule has 0 saturated carbocycles. The van der Waals surface area contributed by atoms with Crippen molar-refractivity contribution in [3.05, 3.63) is 24.3 Å². The summed E-state index contributed by atoms with van der Waals surface area (Å²) in [5.41, 5.74) is 1.73. The summed E-state index contributed by atoms with van der Waals surface area (Å²) in [5.74, 6) is -0.298. The third-order valence-corrected chi connectivity index (χ3v) is 3.10. The SMILES string of the molecule is CCOC(=O)CC(C)N1CC(=O)Nc2ccccc21. The lowest BCUT2D eigenvalue weighted by atomic mass is 10.1. The van der Waals surface area contributed by atoms with E-state index in [0.717, 1.165) is 11.4 Å². The van der Waals surface area contributed by atoms with Crippen molar-refractivity contribution < 1.29 is 14.3 Å². The van der Waals surface area contributed by atoms with Crippen LogP contribution >= 0.6 is 0 Å². The topological polar surface area (TPSA) is 58.6 Å². The van der Waals surface area contributed by atoms with Crippen LogP contribution in [0.2, 0.25) is 0 Å². The molecule has 0 fully saturated rings. The molecule has 1 aliphatic rings. The summed E-state index contributed by atoms with van der Waals surface area (Å²) in [6.45, 7) is 4.35. The highest BCUT2D eigenvalue weighted by Crippen LogP contribution is 2.30. The van der Waals surface area contributed by atoms with Gasteiger partial charge >= 0.3 is 5.97 Å². The molecule has 0 aromatic heterocycles. The Labute approximate surface area is 112 Å². The second-order valence-electron chi connectivity index (χ2n) is 4.55. The molecule has 1 aromatic rings. The Morgan fingerprint density at radius 3 is 2.95 bits per heavy atom. The molecule has 1 aromatic carbocycles. The lowest BCUT2D eigenvalue weighted by molar-refractivity contribution is -0.143. The Bertz CT molecular complexity index is 487. The highest BCUT2D eigenvalue weighted by atomic mass is 16.5. The zero-order valence-electron chi connectivity index (χ0n) is 11.2. The molecular formula is C14H18N2O3. The van der Waals surface area contributed by atoms with Gasteiger partial charge < -0.3 is 15.0 Å². The molecule has 5 heteroatoms. The molecule has 102 valence electrons. The molecule has 1 unspecified atom stereocenters. The van der Waals surface area contributed by atoms with Gasteiger partial charge in [-0.1, -0.05) is 12.1 Å². The minimum Gasteiger partial charge on any atom is -0.466 e. The van der Waals surface area contributed by atoms with Crippen molar-refractivity contribution >= 4 is 23.3 Å². The van der Waals surface area contributed by atoms with E-state index in [2.05, 4.69) is 5.32 Å². The van der Waals surface area contributed by atoms with Crippen molar-refractivity contribution in [1.82, 2.24) is 0 Å². The van der Waals surface area contributed by atoms with Crippen LogP contribution in [0, 0.1) is 0 Å². The Kier molecular flexibility index (Phi) is 4.04. The Balaban J connectivity index is 2.15. The maximum atomic E-state index is 11.7. The van der Waals surface area contributed by atoms with Gasteiger partial charge in [-0.2, -0.15) is 0 Å². The number of carbonyl (C=O) groups is 2. The molecule has 0 aliphatic carbocycles. The second kappa shape index (κ2) is 5.73. The van der Waals surface area contributed by atoms with Crippen molar-refractivity contribution in [2.24, 2.45) is 0 Å². The first-order chi connectivity index (χ1) is 9.11. The maximum Gasteiger partial charge on any atom is 0.307 e. The van der Waals surface area contributed by atoms with Gasteiger partial charge in [0.05, 0.1) is 30.9 Å². The summed E-state index contributed by atoms with van der Waals surface area (Å²) in [4.78, 5) is 25.2. The lowest BCUT2D eigenvalue weighted by Gasteiger charge is -2.35. The van der Waals surface area contributed by atoms with Crippen LogP contribution in [0.25, 0.3) is 0 Å². The number of nitrogens with zero attached hydrogens (tertiary/aromatic N) is 1. The van der Waals surface area contributed by atoms with Crippen LogP contribution in [0.5, 0.6) is 0 Å². The molecule has 1 heterocycles. The van der Waals surface area contributed by atoms with Crippen molar-refractivity contribution in [3.8, 4) is 0 Å². The van der Waals surface area contributed by atoms with Crippen LogP contribution in [-0.2, 0) is 14.3 Å². The normalized spacial score (nSPS) is 15.5. The zero-order valence-corrected chi connectivity index (χ0v) is 11.2. The van der Waals surface area contributed by atoms with Gasteiger partial charge in [0.15, 0.2) is 0 Å². The van der Waals surface area contributed by atoms with Crippen LogP contribution in [0.4, 0.5) is 11.4 Å². The first-order valence-corrected chi connectivity index (χ1v) is 6.43. The standard InChI is InChI=1S/C14H18N2O3/c1-3-19-14(18)8-10(2)16-9-13(17)15-11-6-4-5-7-12(11)16/h4-7,10H,3,8-9H2,1-2H3,(H,15,17). The van der Waals surface area contributed by atoms with E-state index in [-0.39, 0.29) is 30.9 Å². The number of benzene rings is 1. The third kappa shape index (κ3) is 3.05. The van der Waals surface area contributed by atoms with Crippen LogP contribution < -0.4 is 10.2 Å². The molecule has 1 amide bonds. The van der Waals surface area contributed by atoms with Crippen molar-refractivity contribution in [3.63, 3.8) is 0 Å². The molecule has 1 N–H and O–H groups in total. The average molecular weight is 262 g/mol. The number of hydrogen-bond donors (Lipinski definition) is 1. The number of esters is 1. The van der Waals surface area contributed by atoms with Gasteiger partial charge in [0.2, 0.25) is 5.91 Å². The number of ether oxygens (including phenoxy) is 1. The van der Waals surface area contributed by atoms with Gasteiger partial charge in [-0.05, 0) is 26.0 Å².